The molecule has 0 atom stereocenters. The number of rotatable bonds is 5. The first-order chi connectivity index (χ1) is 9.62. The van der Waals surface area contributed by atoms with Crippen LogP contribution < -0.4 is 14.8 Å². The molecular formula is C12H12ClFN4O2. The van der Waals surface area contributed by atoms with Crippen molar-refractivity contribution in [3.05, 3.63) is 29.3 Å². The highest BCUT2D eigenvalue weighted by atomic mass is 35.5. The summed E-state index contributed by atoms with van der Waals surface area (Å²) < 4.78 is 23.7. The zero-order chi connectivity index (χ0) is 14.5. The van der Waals surface area contributed by atoms with Gasteiger partial charge in [-0.3, -0.25) is 0 Å². The number of hydrogen-bond donors (Lipinski definition) is 1. The Kier molecular flexibility index (Phi) is 4.52. The number of aromatic nitrogens is 3. The molecule has 0 fully saturated rings. The van der Waals surface area contributed by atoms with E-state index in [4.69, 9.17) is 21.1 Å². The van der Waals surface area contributed by atoms with Crippen molar-refractivity contribution in [2.45, 2.75) is 6.92 Å². The standard InChI is InChI=1S/C12H12ClFN4O2/c1-3-20-9-5-4-7(6-8(9)14)15-11-16-10(13)17-12(18-11)19-2/h4-6H,3H2,1-2H3,(H,15,16,17,18). The van der Waals surface area contributed by atoms with Gasteiger partial charge in [-0.05, 0) is 30.7 Å². The molecule has 0 amide bonds. The predicted octanol–water partition coefficient (Wildman–Crippen LogP) is 2.82. The minimum atomic E-state index is -0.482. The van der Waals surface area contributed by atoms with E-state index < -0.39 is 5.82 Å². The summed E-state index contributed by atoms with van der Waals surface area (Å²) in [7, 11) is 1.41. The number of methoxy groups -OCH3 is 1. The Morgan fingerprint density at radius 3 is 2.75 bits per heavy atom. The molecular weight excluding hydrogens is 287 g/mol. The highest BCUT2D eigenvalue weighted by Crippen LogP contribution is 2.23. The number of nitrogens with zero attached hydrogens (tertiary/aromatic N) is 3. The number of hydrogen-bond acceptors (Lipinski definition) is 6. The second-order valence-corrected chi connectivity index (χ2v) is 3.96. The van der Waals surface area contributed by atoms with Gasteiger partial charge in [-0.15, -0.1) is 0 Å². The lowest BCUT2D eigenvalue weighted by molar-refractivity contribution is 0.321. The molecule has 6 nitrogen and oxygen atoms in total. The van der Waals surface area contributed by atoms with Gasteiger partial charge in [0.2, 0.25) is 11.2 Å². The van der Waals surface area contributed by atoms with Crippen LogP contribution >= 0.6 is 11.6 Å². The van der Waals surface area contributed by atoms with Gasteiger partial charge in [0.1, 0.15) is 0 Å². The zero-order valence-corrected chi connectivity index (χ0v) is 11.6. The first kappa shape index (κ1) is 14.3. The molecule has 1 N–H and O–H groups in total. The Labute approximate surface area is 119 Å². The Morgan fingerprint density at radius 2 is 2.10 bits per heavy atom. The van der Waals surface area contributed by atoms with Gasteiger partial charge in [0.05, 0.1) is 13.7 Å². The molecule has 0 unspecified atom stereocenters. The number of nitrogens with one attached hydrogen (secondary N) is 1. The molecule has 106 valence electrons. The average Bonchev–Trinajstić information content (AvgIpc) is 2.41. The van der Waals surface area contributed by atoms with E-state index >= 15 is 0 Å². The summed E-state index contributed by atoms with van der Waals surface area (Å²) in [6.07, 6.45) is 0. The summed E-state index contributed by atoms with van der Waals surface area (Å²) in [5.41, 5.74) is 0.454. The Morgan fingerprint density at radius 1 is 1.30 bits per heavy atom. The molecule has 1 aromatic carbocycles. The molecule has 0 spiro atoms. The topological polar surface area (TPSA) is 69.2 Å². The lowest BCUT2D eigenvalue weighted by Gasteiger charge is -2.08. The minimum Gasteiger partial charge on any atom is -0.491 e. The van der Waals surface area contributed by atoms with Crippen molar-refractivity contribution in [3.8, 4) is 11.8 Å². The van der Waals surface area contributed by atoms with Gasteiger partial charge in [-0.2, -0.15) is 15.0 Å². The van der Waals surface area contributed by atoms with Gasteiger partial charge in [-0.25, -0.2) is 4.39 Å². The SMILES string of the molecule is CCOc1ccc(Nc2nc(Cl)nc(OC)n2)cc1F. The molecule has 0 radical (unpaired) electrons. The van der Waals surface area contributed by atoms with E-state index in [-0.39, 0.29) is 23.0 Å². The van der Waals surface area contributed by atoms with Crippen molar-refractivity contribution >= 4 is 23.2 Å². The van der Waals surface area contributed by atoms with Crippen LogP contribution in [0.15, 0.2) is 18.2 Å². The lowest BCUT2D eigenvalue weighted by Crippen LogP contribution is -2.02. The van der Waals surface area contributed by atoms with Gasteiger partial charge in [0, 0.05) is 11.8 Å². The summed E-state index contributed by atoms with van der Waals surface area (Å²) in [4.78, 5) is 11.5. The second kappa shape index (κ2) is 6.33. The molecule has 2 aromatic rings. The predicted molar refractivity (Wildman–Crippen MR) is 72.2 cm³/mol. The highest BCUT2D eigenvalue weighted by Gasteiger charge is 2.08. The van der Waals surface area contributed by atoms with Crippen molar-refractivity contribution < 1.29 is 13.9 Å². The van der Waals surface area contributed by atoms with Crippen molar-refractivity contribution in [2.24, 2.45) is 0 Å². The molecule has 1 aromatic heterocycles. The number of benzene rings is 1. The third-order valence-electron chi connectivity index (χ3n) is 2.26. The first-order valence-corrected chi connectivity index (χ1v) is 6.15. The normalized spacial score (nSPS) is 10.2. The quantitative estimate of drug-likeness (QED) is 0.915. The van der Waals surface area contributed by atoms with E-state index in [1.54, 1.807) is 13.0 Å². The maximum absolute atomic E-state index is 13.7. The summed E-state index contributed by atoms with van der Waals surface area (Å²) >= 11 is 5.72. The van der Waals surface area contributed by atoms with Crippen LogP contribution in [-0.4, -0.2) is 28.7 Å². The van der Waals surface area contributed by atoms with Gasteiger partial charge in [0.15, 0.2) is 11.6 Å². The van der Waals surface area contributed by atoms with E-state index in [1.165, 1.54) is 19.2 Å². The highest BCUT2D eigenvalue weighted by molar-refractivity contribution is 6.28. The van der Waals surface area contributed by atoms with Crippen LogP contribution in [0.3, 0.4) is 0 Å². The fourth-order valence-electron chi connectivity index (χ4n) is 1.46. The average molecular weight is 299 g/mol. The van der Waals surface area contributed by atoms with Crippen molar-refractivity contribution in [1.82, 2.24) is 15.0 Å². The van der Waals surface area contributed by atoms with Crippen LogP contribution in [0.1, 0.15) is 6.92 Å². The summed E-state index contributed by atoms with van der Waals surface area (Å²) in [5, 5.41) is 2.78. The lowest BCUT2D eigenvalue weighted by atomic mass is 10.3. The van der Waals surface area contributed by atoms with E-state index in [2.05, 4.69) is 20.3 Å². The number of halogens is 2. The smallest absolute Gasteiger partial charge is 0.322 e. The summed E-state index contributed by atoms with van der Waals surface area (Å²) in [5.74, 6) is -0.140. The van der Waals surface area contributed by atoms with Crippen LogP contribution in [-0.2, 0) is 0 Å². The fourth-order valence-corrected chi connectivity index (χ4v) is 1.61. The van der Waals surface area contributed by atoms with Gasteiger partial charge < -0.3 is 14.8 Å². The van der Waals surface area contributed by atoms with E-state index in [0.717, 1.165) is 0 Å². The summed E-state index contributed by atoms with van der Waals surface area (Å²) in [6.45, 7) is 2.18. The van der Waals surface area contributed by atoms with Gasteiger partial charge in [0.25, 0.3) is 0 Å². The van der Waals surface area contributed by atoms with Crippen molar-refractivity contribution in [2.75, 3.05) is 19.0 Å². The Balaban J connectivity index is 2.21. The van der Waals surface area contributed by atoms with Crippen molar-refractivity contribution in [1.29, 1.82) is 0 Å². The number of anilines is 2. The molecule has 0 saturated heterocycles. The third-order valence-corrected chi connectivity index (χ3v) is 2.43. The minimum absolute atomic E-state index is 0.0224. The van der Waals surface area contributed by atoms with Crippen LogP contribution in [0.5, 0.6) is 11.8 Å². The molecule has 0 aliphatic heterocycles. The van der Waals surface area contributed by atoms with Gasteiger partial charge in [-0.1, -0.05) is 0 Å². The molecule has 1 heterocycles. The largest absolute Gasteiger partial charge is 0.491 e. The third kappa shape index (κ3) is 3.45. The fraction of sp³-hybridized carbons (Fsp3) is 0.250. The molecule has 0 saturated carbocycles. The molecule has 0 aliphatic rings. The maximum Gasteiger partial charge on any atom is 0.322 e. The van der Waals surface area contributed by atoms with E-state index in [1.807, 2.05) is 0 Å². The summed E-state index contributed by atoms with van der Waals surface area (Å²) in [6, 6.07) is 4.49. The van der Waals surface area contributed by atoms with Crippen molar-refractivity contribution in [3.63, 3.8) is 0 Å². The molecule has 8 heteroatoms. The zero-order valence-electron chi connectivity index (χ0n) is 10.9. The van der Waals surface area contributed by atoms with Crippen LogP contribution in [0, 0.1) is 5.82 Å². The van der Waals surface area contributed by atoms with Crippen LogP contribution in [0.4, 0.5) is 16.0 Å². The van der Waals surface area contributed by atoms with Crippen LogP contribution in [0.25, 0.3) is 0 Å². The monoisotopic (exact) mass is 298 g/mol. The second-order valence-electron chi connectivity index (χ2n) is 3.62. The van der Waals surface area contributed by atoms with Gasteiger partial charge >= 0.3 is 6.01 Å². The molecule has 20 heavy (non-hydrogen) atoms. The molecule has 0 aliphatic carbocycles. The molecule has 2 rings (SSSR count). The Hall–Kier alpha value is -2.15. The maximum atomic E-state index is 13.7. The molecule has 0 bridgehead atoms. The number of ether oxygens (including phenoxy) is 2. The van der Waals surface area contributed by atoms with E-state index in [9.17, 15) is 4.39 Å². The van der Waals surface area contributed by atoms with E-state index in [0.29, 0.717) is 12.3 Å². The van der Waals surface area contributed by atoms with Crippen LogP contribution in [0.2, 0.25) is 5.28 Å². The first-order valence-electron chi connectivity index (χ1n) is 5.77. The Bertz CT molecular complexity index is 612.